The lowest BCUT2D eigenvalue weighted by molar-refractivity contribution is -0.141. The second-order valence-electron chi connectivity index (χ2n) is 12.1. The van der Waals surface area contributed by atoms with Crippen molar-refractivity contribution in [2.45, 2.75) is 65.0 Å². The van der Waals surface area contributed by atoms with Crippen LogP contribution < -0.4 is 16.4 Å². The molecule has 0 fully saturated rings. The lowest BCUT2D eigenvalue weighted by Crippen LogP contribution is -2.52. The Labute approximate surface area is 268 Å². The fourth-order valence-corrected chi connectivity index (χ4v) is 4.90. The summed E-state index contributed by atoms with van der Waals surface area (Å²) in [5.74, 6) is -5.43. The number of rotatable bonds is 17. The second kappa shape index (κ2) is 16.4. The summed E-state index contributed by atoms with van der Waals surface area (Å²) in [6, 6.07) is 21.0. The van der Waals surface area contributed by atoms with Crippen LogP contribution in [-0.4, -0.2) is 47.2 Å². The van der Waals surface area contributed by atoms with Gasteiger partial charge in [0.25, 0.3) is 5.91 Å². The van der Waals surface area contributed by atoms with Gasteiger partial charge >= 0.3 is 0 Å². The number of Topliss-reactive ketones (excluding diaryl/α,β-unsaturated/α-hetero) is 3. The number of carbonyl (C=O) groups excluding carboxylic acids is 6. The molecule has 0 radical (unpaired) electrons. The first-order valence-electron chi connectivity index (χ1n) is 15.1. The average molecular weight is 630 g/mol. The Morgan fingerprint density at radius 2 is 1.30 bits per heavy atom. The van der Waals surface area contributed by atoms with Gasteiger partial charge in [-0.05, 0) is 48.6 Å². The number of primary amides is 1. The van der Waals surface area contributed by atoms with E-state index in [9.17, 15) is 33.2 Å². The maximum absolute atomic E-state index is 13.5. The van der Waals surface area contributed by atoms with Gasteiger partial charge < -0.3 is 16.4 Å². The predicted molar refractivity (Wildman–Crippen MR) is 171 cm³/mol. The van der Waals surface area contributed by atoms with Crippen LogP contribution in [-0.2, 0) is 48.0 Å². The molecule has 0 aliphatic rings. The van der Waals surface area contributed by atoms with Gasteiger partial charge in [-0.15, -0.1) is 0 Å². The largest absolute Gasteiger partial charge is 0.369 e. The molecule has 0 aliphatic heterocycles. The van der Waals surface area contributed by atoms with E-state index in [-0.39, 0.29) is 37.9 Å². The molecule has 46 heavy (non-hydrogen) atoms. The first kappa shape index (κ1) is 35.5. The molecule has 4 N–H and O–H groups in total. The Hall–Kier alpha value is -4.99. The number of halogens is 1. The number of hydrogen-bond donors (Lipinski definition) is 3. The van der Waals surface area contributed by atoms with Crippen molar-refractivity contribution in [1.82, 2.24) is 10.6 Å². The van der Waals surface area contributed by atoms with Crippen LogP contribution in [0.15, 0.2) is 84.9 Å². The predicted octanol–water partition coefficient (Wildman–Crippen LogP) is 3.46. The zero-order chi connectivity index (χ0) is 33.9. The summed E-state index contributed by atoms with van der Waals surface area (Å²) >= 11 is 0. The van der Waals surface area contributed by atoms with Gasteiger partial charge in [0.05, 0.1) is 17.5 Å². The van der Waals surface area contributed by atoms with Crippen LogP contribution in [0.3, 0.4) is 0 Å². The standard InChI is InChI=1S/C36H40FN3O6/c1-23(32(43)34(45)40-30(20-25-12-8-5-9-13-25)31(42)22-36(2,3)35(38)46)39-33(44)27(18-26-14-16-28(37)17-15-26)21-29(41)19-24-10-6-4-7-11-24/h4-17,23,27,30H,18-22H2,1-3H3,(H2,38,46)(H,39,44)(H,40,45)/t23?,27-,30+/m1/s1. The van der Waals surface area contributed by atoms with E-state index in [0.29, 0.717) is 5.56 Å². The summed E-state index contributed by atoms with van der Waals surface area (Å²) in [5.41, 5.74) is 6.38. The highest BCUT2D eigenvalue weighted by atomic mass is 19.1. The highest BCUT2D eigenvalue weighted by Crippen LogP contribution is 2.22. The van der Waals surface area contributed by atoms with Crippen molar-refractivity contribution in [3.63, 3.8) is 0 Å². The number of carbonyl (C=O) groups is 6. The van der Waals surface area contributed by atoms with E-state index in [0.717, 1.165) is 11.1 Å². The molecule has 3 amide bonds. The van der Waals surface area contributed by atoms with Crippen molar-refractivity contribution in [3.8, 4) is 0 Å². The molecule has 3 atom stereocenters. The minimum absolute atomic E-state index is 0.0670. The van der Waals surface area contributed by atoms with E-state index >= 15 is 0 Å². The third kappa shape index (κ3) is 10.9. The van der Waals surface area contributed by atoms with Crippen molar-refractivity contribution in [1.29, 1.82) is 0 Å². The van der Waals surface area contributed by atoms with E-state index in [1.54, 1.807) is 54.6 Å². The van der Waals surface area contributed by atoms with Crippen LogP contribution in [0.4, 0.5) is 4.39 Å². The van der Waals surface area contributed by atoms with Crippen LogP contribution in [0.5, 0.6) is 0 Å². The third-order valence-corrected chi connectivity index (χ3v) is 7.72. The maximum Gasteiger partial charge on any atom is 0.290 e. The van der Waals surface area contributed by atoms with Crippen molar-refractivity contribution >= 4 is 35.1 Å². The van der Waals surface area contributed by atoms with E-state index in [4.69, 9.17) is 5.73 Å². The van der Waals surface area contributed by atoms with Crippen LogP contribution in [0.2, 0.25) is 0 Å². The van der Waals surface area contributed by atoms with Gasteiger partial charge in [0.15, 0.2) is 5.78 Å². The molecule has 0 saturated carbocycles. The molecular formula is C36H40FN3O6. The van der Waals surface area contributed by atoms with Gasteiger partial charge in [0.1, 0.15) is 11.6 Å². The molecule has 0 bridgehead atoms. The Bertz CT molecular complexity index is 1540. The molecule has 0 saturated heterocycles. The van der Waals surface area contributed by atoms with Crippen LogP contribution in [0.25, 0.3) is 0 Å². The fourth-order valence-electron chi connectivity index (χ4n) is 4.90. The van der Waals surface area contributed by atoms with E-state index in [2.05, 4.69) is 10.6 Å². The maximum atomic E-state index is 13.5. The average Bonchev–Trinajstić information content (AvgIpc) is 3.01. The van der Waals surface area contributed by atoms with Crippen molar-refractivity contribution in [2.24, 2.45) is 17.1 Å². The zero-order valence-electron chi connectivity index (χ0n) is 26.3. The lowest BCUT2D eigenvalue weighted by Gasteiger charge is -2.24. The SMILES string of the molecule is CC(NC(=O)[C@@H](CC(=O)Cc1ccccc1)Cc1ccc(F)cc1)C(=O)C(=O)N[C@@H](Cc1ccccc1)C(=O)CC(C)(C)C(N)=O. The molecular weight excluding hydrogens is 589 g/mol. The molecule has 0 heterocycles. The van der Waals surface area contributed by atoms with Crippen LogP contribution >= 0.6 is 0 Å². The van der Waals surface area contributed by atoms with Gasteiger partial charge in [0.2, 0.25) is 17.6 Å². The second-order valence-corrected chi connectivity index (χ2v) is 12.1. The number of benzene rings is 3. The zero-order valence-corrected chi connectivity index (χ0v) is 26.3. The Balaban J connectivity index is 1.72. The summed E-state index contributed by atoms with van der Waals surface area (Å²) in [4.78, 5) is 77.7. The van der Waals surface area contributed by atoms with Crippen molar-refractivity contribution in [2.75, 3.05) is 0 Å². The van der Waals surface area contributed by atoms with E-state index < -0.39 is 58.5 Å². The fraction of sp³-hybridized carbons (Fsp3) is 0.333. The van der Waals surface area contributed by atoms with Gasteiger partial charge in [-0.3, -0.25) is 28.8 Å². The van der Waals surface area contributed by atoms with Crippen LogP contribution in [0, 0.1) is 17.2 Å². The minimum atomic E-state index is -1.29. The molecule has 3 aromatic rings. The van der Waals surface area contributed by atoms with Gasteiger partial charge in [0, 0.05) is 25.2 Å². The first-order valence-corrected chi connectivity index (χ1v) is 15.1. The summed E-state index contributed by atoms with van der Waals surface area (Å²) < 4.78 is 13.5. The number of nitrogens with one attached hydrogen (secondary N) is 2. The lowest BCUT2D eigenvalue weighted by atomic mass is 9.84. The van der Waals surface area contributed by atoms with Crippen molar-refractivity contribution < 1.29 is 33.2 Å². The Morgan fingerprint density at radius 1 is 0.761 bits per heavy atom. The molecule has 0 spiro atoms. The molecule has 1 unspecified atom stereocenters. The summed E-state index contributed by atoms with van der Waals surface area (Å²) in [6.45, 7) is 4.37. The normalized spacial score (nSPS) is 13.1. The molecule has 0 aromatic heterocycles. The molecule has 242 valence electrons. The topological polar surface area (TPSA) is 152 Å². The summed E-state index contributed by atoms with van der Waals surface area (Å²) in [7, 11) is 0. The highest BCUT2D eigenvalue weighted by molar-refractivity contribution is 6.38. The third-order valence-electron chi connectivity index (χ3n) is 7.72. The van der Waals surface area contributed by atoms with Gasteiger partial charge in [-0.1, -0.05) is 86.6 Å². The summed E-state index contributed by atoms with van der Waals surface area (Å²) in [6.07, 6.45) is -0.133. The smallest absolute Gasteiger partial charge is 0.290 e. The Morgan fingerprint density at radius 3 is 1.87 bits per heavy atom. The first-order chi connectivity index (χ1) is 21.7. The molecule has 3 rings (SSSR count). The summed E-state index contributed by atoms with van der Waals surface area (Å²) in [5, 5.41) is 5.03. The number of amides is 3. The number of hydrogen-bond acceptors (Lipinski definition) is 6. The minimum Gasteiger partial charge on any atom is -0.369 e. The van der Waals surface area contributed by atoms with Crippen molar-refractivity contribution in [3.05, 3.63) is 107 Å². The molecule has 3 aromatic carbocycles. The highest BCUT2D eigenvalue weighted by Gasteiger charge is 2.34. The Kier molecular flexibility index (Phi) is 12.6. The van der Waals surface area contributed by atoms with Gasteiger partial charge in [-0.2, -0.15) is 0 Å². The molecule has 0 aliphatic carbocycles. The van der Waals surface area contributed by atoms with E-state index in [1.807, 2.05) is 6.07 Å². The number of nitrogens with two attached hydrogens (primary N) is 1. The monoisotopic (exact) mass is 629 g/mol. The number of ketones is 3. The quantitative estimate of drug-likeness (QED) is 0.195. The van der Waals surface area contributed by atoms with Crippen LogP contribution in [0.1, 0.15) is 50.3 Å². The van der Waals surface area contributed by atoms with E-state index in [1.165, 1.54) is 45.0 Å². The van der Waals surface area contributed by atoms with Gasteiger partial charge in [-0.25, -0.2) is 4.39 Å². The molecule has 10 heteroatoms. The molecule has 9 nitrogen and oxygen atoms in total.